The molecule has 1 aromatic heterocycles. The topological polar surface area (TPSA) is 90.7 Å². The summed E-state index contributed by atoms with van der Waals surface area (Å²) in [6.45, 7) is 10.8. The Morgan fingerprint density at radius 1 is 1.00 bits per heavy atom. The van der Waals surface area contributed by atoms with E-state index in [1.807, 2.05) is 24.3 Å². The van der Waals surface area contributed by atoms with E-state index in [-0.39, 0.29) is 0 Å². The monoisotopic (exact) mass is 468 g/mol. The highest BCUT2D eigenvalue weighted by atomic mass is 32.2. The van der Waals surface area contributed by atoms with Gasteiger partial charge >= 0.3 is 11.9 Å². The minimum Gasteiger partial charge on any atom is -0.481 e. The molecule has 8 heteroatoms. The molecule has 1 heterocycles. The molecule has 0 bridgehead atoms. The zero-order valence-corrected chi connectivity index (χ0v) is 20.5. The average Bonchev–Trinajstić information content (AvgIpc) is 3.15. The maximum atomic E-state index is 10.9. The predicted octanol–water partition coefficient (Wildman–Crippen LogP) is 6.01. The van der Waals surface area contributed by atoms with Crippen LogP contribution >= 0.6 is 23.1 Å². The van der Waals surface area contributed by atoms with Crippen molar-refractivity contribution in [2.75, 3.05) is 19.6 Å². The van der Waals surface area contributed by atoms with E-state index in [0.29, 0.717) is 4.34 Å². The van der Waals surface area contributed by atoms with E-state index in [2.05, 4.69) is 30.7 Å². The van der Waals surface area contributed by atoms with Gasteiger partial charge in [-0.25, -0.2) is 4.98 Å². The van der Waals surface area contributed by atoms with Crippen molar-refractivity contribution in [3.05, 3.63) is 24.3 Å². The molecule has 0 saturated carbocycles. The van der Waals surface area contributed by atoms with Crippen LogP contribution in [0.15, 0.2) is 28.6 Å². The van der Waals surface area contributed by atoms with Crippen LogP contribution in [-0.2, 0) is 9.59 Å². The Balaban J connectivity index is 0.000000330. The van der Waals surface area contributed by atoms with Crippen LogP contribution in [-0.4, -0.2) is 56.9 Å². The van der Waals surface area contributed by atoms with Gasteiger partial charge in [0.05, 0.1) is 16.6 Å². The van der Waals surface area contributed by atoms with Crippen LogP contribution in [0, 0.1) is 0 Å². The molecule has 174 valence electrons. The van der Waals surface area contributed by atoms with Gasteiger partial charge in [-0.2, -0.15) is 0 Å². The number of unbranched alkanes of at least 4 members (excludes halogenated alkanes) is 3. The number of aromatic nitrogens is 1. The number of carboxylic acids is 2. The van der Waals surface area contributed by atoms with Gasteiger partial charge in [-0.05, 0) is 51.0 Å². The van der Waals surface area contributed by atoms with Crippen molar-refractivity contribution in [3.63, 3.8) is 0 Å². The molecule has 0 spiro atoms. The van der Waals surface area contributed by atoms with Crippen molar-refractivity contribution < 1.29 is 19.8 Å². The van der Waals surface area contributed by atoms with E-state index >= 15 is 0 Å². The number of thioether (sulfide) groups is 1. The summed E-state index contributed by atoms with van der Waals surface area (Å²) in [7, 11) is 0. The van der Waals surface area contributed by atoms with Crippen molar-refractivity contribution in [3.8, 4) is 0 Å². The highest BCUT2D eigenvalue weighted by molar-refractivity contribution is 8.02. The van der Waals surface area contributed by atoms with Crippen molar-refractivity contribution in [2.45, 2.75) is 75.3 Å². The van der Waals surface area contributed by atoms with Crippen molar-refractivity contribution in [1.82, 2.24) is 9.88 Å². The van der Waals surface area contributed by atoms with Gasteiger partial charge in [0.25, 0.3) is 0 Å². The third kappa shape index (κ3) is 11.5. The Hall–Kier alpha value is -1.64. The number of benzene rings is 1. The number of thiazole rings is 1. The second-order valence-electron chi connectivity index (χ2n) is 7.39. The number of para-hydroxylation sites is 1. The summed E-state index contributed by atoms with van der Waals surface area (Å²) >= 11 is 2.34. The third-order valence-electron chi connectivity index (χ3n) is 4.64. The van der Waals surface area contributed by atoms with Gasteiger partial charge in [0.2, 0.25) is 0 Å². The molecule has 2 N–H and O–H groups in total. The first-order valence-corrected chi connectivity index (χ1v) is 12.8. The summed E-state index contributed by atoms with van der Waals surface area (Å²) in [6.07, 6.45) is 7.67. The fraction of sp³-hybridized carbons (Fsp3) is 0.609. The maximum Gasteiger partial charge on any atom is 0.317 e. The number of nitrogens with zero attached hydrogens (tertiary/aromatic N) is 2. The lowest BCUT2D eigenvalue weighted by Gasteiger charge is -2.21. The lowest BCUT2D eigenvalue weighted by molar-refractivity contribution is -0.142. The Kier molecular flexibility index (Phi) is 14.2. The summed E-state index contributed by atoms with van der Waals surface area (Å²) in [5.41, 5.74) is 0.796. The molecule has 0 amide bonds. The third-order valence-corrected chi connectivity index (χ3v) is 6.95. The van der Waals surface area contributed by atoms with E-state index in [0.717, 1.165) is 22.0 Å². The summed E-state index contributed by atoms with van der Waals surface area (Å²) in [6, 6.07) is 7.45. The van der Waals surface area contributed by atoms with E-state index in [1.165, 1.54) is 69.5 Å². The minimum absolute atomic E-state index is 0.421. The minimum atomic E-state index is -1.14. The van der Waals surface area contributed by atoms with Crippen molar-refractivity contribution >= 4 is 45.3 Å². The zero-order chi connectivity index (χ0) is 23.1. The summed E-state index contributed by atoms with van der Waals surface area (Å²) in [5, 5.41) is 16.6. The fourth-order valence-corrected chi connectivity index (χ4v) is 5.07. The Morgan fingerprint density at radius 3 is 2.00 bits per heavy atom. The lowest BCUT2D eigenvalue weighted by atomic mass is 10.2. The quantitative estimate of drug-likeness (QED) is 0.328. The smallest absolute Gasteiger partial charge is 0.317 e. The van der Waals surface area contributed by atoms with Crippen LogP contribution in [0.3, 0.4) is 0 Å². The molecule has 0 aliphatic carbocycles. The van der Waals surface area contributed by atoms with Gasteiger partial charge in [0.15, 0.2) is 4.34 Å². The predicted molar refractivity (Wildman–Crippen MR) is 130 cm³/mol. The summed E-state index contributed by atoms with van der Waals surface area (Å²) < 4.78 is 1.53. The van der Waals surface area contributed by atoms with Gasteiger partial charge in [-0.15, -0.1) is 11.3 Å². The standard InChI is InChI=1S/C12H27N.C11H9NO4S2/c1-4-7-10-13(11-8-5-2)12-9-6-3;13-9(14)5-8(10(15)16)18-11-12-6-3-1-2-4-7(6)17-11/h4-12H2,1-3H3;1-4,8H,5H2,(H,13,14)(H,15,16). The number of hydrogen-bond donors (Lipinski definition) is 2. The van der Waals surface area contributed by atoms with E-state index < -0.39 is 23.6 Å². The van der Waals surface area contributed by atoms with Gasteiger partial charge in [0.1, 0.15) is 5.25 Å². The highest BCUT2D eigenvalue weighted by Crippen LogP contribution is 2.33. The molecule has 0 radical (unpaired) electrons. The largest absolute Gasteiger partial charge is 0.481 e. The molecule has 2 rings (SSSR count). The second-order valence-corrected chi connectivity index (χ2v) is 9.87. The van der Waals surface area contributed by atoms with Crippen LogP contribution in [0.25, 0.3) is 10.2 Å². The lowest BCUT2D eigenvalue weighted by Crippen LogP contribution is -2.27. The molecule has 31 heavy (non-hydrogen) atoms. The number of hydrogen-bond acceptors (Lipinski definition) is 6. The van der Waals surface area contributed by atoms with Gasteiger partial charge < -0.3 is 15.1 Å². The number of aliphatic carboxylic acids is 2. The molecule has 1 aromatic carbocycles. The maximum absolute atomic E-state index is 10.9. The van der Waals surface area contributed by atoms with Gasteiger partial charge in [-0.1, -0.05) is 63.9 Å². The zero-order valence-electron chi connectivity index (χ0n) is 18.9. The van der Waals surface area contributed by atoms with Gasteiger partial charge in [0, 0.05) is 0 Å². The molecule has 0 aliphatic rings. The Bertz CT molecular complexity index is 730. The van der Waals surface area contributed by atoms with Crippen molar-refractivity contribution in [1.29, 1.82) is 0 Å². The first kappa shape index (κ1) is 27.4. The van der Waals surface area contributed by atoms with E-state index in [1.54, 1.807) is 0 Å². The highest BCUT2D eigenvalue weighted by Gasteiger charge is 2.23. The molecule has 2 aromatic rings. The molecule has 0 saturated heterocycles. The number of carboxylic acid groups (broad SMARTS) is 2. The molecule has 0 aliphatic heterocycles. The summed E-state index contributed by atoms with van der Waals surface area (Å²) in [5.74, 6) is -2.27. The van der Waals surface area contributed by atoms with Crippen LogP contribution < -0.4 is 0 Å². The normalized spacial score (nSPS) is 11.9. The summed E-state index contributed by atoms with van der Waals surface area (Å²) in [4.78, 5) is 28.4. The van der Waals surface area contributed by atoms with Crippen molar-refractivity contribution in [2.24, 2.45) is 0 Å². The molecular formula is C23H36N2O4S2. The molecule has 1 unspecified atom stereocenters. The molecule has 1 atom stereocenters. The van der Waals surface area contributed by atoms with Crippen LogP contribution in [0.5, 0.6) is 0 Å². The van der Waals surface area contributed by atoms with Crippen LogP contribution in [0.2, 0.25) is 0 Å². The molecule has 6 nitrogen and oxygen atoms in total. The first-order chi connectivity index (χ1) is 14.9. The van der Waals surface area contributed by atoms with Gasteiger partial charge in [-0.3, -0.25) is 9.59 Å². The van der Waals surface area contributed by atoms with Crippen LogP contribution in [0.4, 0.5) is 0 Å². The second kappa shape index (κ2) is 16.1. The number of rotatable bonds is 14. The number of carbonyl (C=O) groups is 2. The molecule has 0 fully saturated rings. The van der Waals surface area contributed by atoms with Crippen LogP contribution in [0.1, 0.15) is 65.7 Å². The SMILES string of the molecule is CCCCN(CCCC)CCCC.O=C(O)CC(Sc1nc2ccccc2s1)C(=O)O. The number of fused-ring (bicyclic) bond motifs is 1. The van der Waals surface area contributed by atoms with E-state index in [9.17, 15) is 9.59 Å². The molecular weight excluding hydrogens is 432 g/mol. The van der Waals surface area contributed by atoms with E-state index in [4.69, 9.17) is 10.2 Å². The first-order valence-electron chi connectivity index (χ1n) is 11.1. The fourth-order valence-electron chi connectivity index (χ4n) is 2.84. The Labute approximate surface area is 194 Å². The Morgan fingerprint density at radius 2 is 1.55 bits per heavy atom. The average molecular weight is 469 g/mol.